The number of allylic oxidation sites excluding steroid dienone is 6. The number of unbranched alkanes of at least 4 members (excludes halogenated alkanes) is 25. The fourth-order valence-electron chi connectivity index (χ4n) is 6.11. The van der Waals surface area contributed by atoms with E-state index in [4.69, 9.17) is 9.47 Å². The summed E-state index contributed by atoms with van der Waals surface area (Å²) in [5.41, 5.74) is 0. The molecule has 0 saturated heterocycles. The Morgan fingerprint density at radius 1 is 0.460 bits per heavy atom. The van der Waals surface area contributed by atoms with Gasteiger partial charge < -0.3 is 14.6 Å². The monoisotopic (exact) mass is 703 g/mol. The lowest BCUT2D eigenvalue weighted by atomic mass is 10.1. The minimum atomic E-state index is -0.776. The summed E-state index contributed by atoms with van der Waals surface area (Å²) in [6.45, 7) is 4.12. The van der Waals surface area contributed by atoms with Crippen LogP contribution in [0.5, 0.6) is 0 Å². The quantitative estimate of drug-likeness (QED) is 0.0392. The Kier molecular flexibility index (Phi) is 40.0. The minimum Gasteiger partial charge on any atom is -0.462 e. The molecule has 0 amide bonds. The topological polar surface area (TPSA) is 72.8 Å². The first-order valence-corrected chi connectivity index (χ1v) is 21.5. The first-order valence-electron chi connectivity index (χ1n) is 21.5. The summed E-state index contributed by atoms with van der Waals surface area (Å²) in [6, 6.07) is 0. The maximum atomic E-state index is 12.2. The molecule has 50 heavy (non-hydrogen) atoms. The molecular formula is C45H82O5. The lowest BCUT2D eigenvalue weighted by molar-refractivity contribution is -0.161. The first-order chi connectivity index (χ1) is 24.6. The number of rotatable bonds is 39. The van der Waals surface area contributed by atoms with Crippen molar-refractivity contribution in [2.75, 3.05) is 13.2 Å². The molecule has 0 aromatic heterocycles. The summed E-state index contributed by atoms with van der Waals surface area (Å²) in [5, 5.41) is 9.57. The molecule has 0 rings (SSSR count). The molecule has 1 atom stereocenters. The number of esters is 2. The molecule has 0 aliphatic rings. The van der Waals surface area contributed by atoms with Crippen molar-refractivity contribution in [2.24, 2.45) is 0 Å². The Morgan fingerprint density at radius 2 is 0.800 bits per heavy atom. The van der Waals surface area contributed by atoms with Gasteiger partial charge in [0.25, 0.3) is 0 Å². The second-order valence-corrected chi connectivity index (χ2v) is 14.4. The summed E-state index contributed by atoms with van der Waals surface area (Å²) in [5.74, 6) is -0.600. The summed E-state index contributed by atoms with van der Waals surface area (Å²) < 4.78 is 10.6. The molecule has 292 valence electrons. The molecule has 0 spiro atoms. The van der Waals surface area contributed by atoms with Crippen molar-refractivity contribution in [2.45, 2.75) is 225 Å². The van der Waals surface area contributed by atoms with Gasteiger partial charge in [-0.05, 0) is 70.6 Å². The minimum absolute atomic E-state index is 0.0699. The Balaban J connectivity index is 3.55. The average Bonchev–Trinajstić information content (AvgIpc) is 3.12. The Bertz CT molecular complexity index is 801. The van der Waals surface area contributed by atoms with Crippen LogP contribution in [0.15, 0.2) is 36.5 Å². The summed E-state index contributed by atoms with van der Waals surface area (Å²) >= 11 is 0. The standard InChI is InChI=1S/C45H82O5/c1-3-5-7-9-11-13-15-17-19-21-23-25-27-29-31-33-35-37-39-44(47)49-42-43(41-46)50-45(48)40-38-36-34-32-30-28-26-24-22-20-18-16-14-12-10-8-6-4-2/h14,16,19-22,43,46H,3-13,15,17-18,23-42H2,1-2H3/b16-14-,21-19-,22-20-. The predicted octanol–water partition coefficient (Wildman–Crippen LogP) is 13.6. The van der Waals surface area contributed by atoms with Crippen LogP contribution in [0, 0.1) is 0 Å². The van der Waals surface area contributed by atoms with Gasteiger partial charge in [0.2, 0.25) is 0 Å². The van der Waals surface area contributed by atoms with Crippen molar-refractivity contribution in [1.29, 1.82) is 0 Å². The van der Waals surface area contributed by atoms with Gasteiger partial charge in [-0.1, -0.05) is 172 Å². The Morgan fingerprint density at radius 3 is 1.22 bits per heavy atom. The first kappa shape index (κ1) is 48.1. The van der Waals surface area contributed by atoms with Crippen molar-refractivity contribution < 1.29 is 24.2 Å². The highest BCUT2D eigenvalue weighted by Gasteiger charge is 2.16. The molecular weight excluding hydrogens is 620 g/mol. The zero-order chi connectivity index (χ0) is 36.4. The van der Waals surface area contributed by atoms with Gasteiger partial charge in [0.1, 0.15) is 6.61 Å². The Hall–Kier alpha value is -1.88. The van der Waals surface area contributed by atoms with Gasteiger partial charge in [-0.25, -0.2) is 0 Å². The zero-order valence-corrected chi connectivity index (χ0v) is 33.2. The van der Waals surface area contributed by atoms with Gasteiger partial charge in [-0.2, -0.15) is 0 Å². The van der Waals surface area contributed by atoms with E-state index in [0.717, 1.165) is 51.4 Å². The second-order valence-electron chi connectivity index (χ2n) is 14.4. The fourth-order valence-corrected chi connectivity index (χ4v) is 6.11. The van der Waals surface area contributed by atoms with E-state index in [2.05, 4.69) is 50.3 Å². The van der Waals surface area contributed by atoms with Crippen LogP contribution in [-0.4, -0.2) is 36.4 Å². The normalized spacial score (nSPS) is 12.5. The molecule has 0 aliphatic carbocycles. The van der Waals surface area contributed by atoms with Crippen LogP contribution >= 0.6 is 0 Å². The van der Waals surface area contributed by atoms with Crippen LogP contribution in [0.3, 0.4) is 0 Å². The lowest BCUT2D eigenvalue weighted by Crippen LogP contribution is -2.28. The van der Waals surface area contributed by atoms with Crippen LogP contribution < -0.4 is 0 Å². The van der Waals surface area contributed by atoms with E-state index < -0.39 is 6.10 Å². The van der Waals surface area contributed by atoms with Crippen LogP contribution in [-0.2, 0) is 19.1 Å². The van der Waals surface area contributed by atoms with Crippen molar-refractivity contribution in [3.8, 4) is 0 Å². The van der Waals surface area contributed by atoms with Crippen LogP contribution in [0.2, 0.25) is 0 Å². The van der Waals surface area contributed by atoms with E-state index in [1.54, 1.807) is 0 Å². The SMILES string of the molecule is CCCCCC/C=C\C/C=C\CCCCCCCCCC(=O)OC(CO)COC(=O)CCCCCCCCC/C=C\CCCCCCCCC. The third-order valence-corrected chi connectivity index (χ3v) is 9.41. The van der Waals surface area contributed by atoms with Crippen molar-refractivity contribution in [1.82, 2.24) is 0 Å². The third kappa shape index (κ3) is 38.9. The number of hydrogen-bond donors (Lipinski definition) is 1. The molecule has 0 bridgehead atoms. The van der Waals surface area contributed by atoms with Gasteiger partial charge in [0.15, 0.2) is 6.10 Å². The maximum Gasteiger partial charge on any atom is 0.306 e. The smallest absolute Gasteiger partial charge is 0.306 e. The number of aliphatic hydroxyl groups is 1. The van der Waals surface area contributed by atoms with E-state index in [-0.39, 0.29) is 25.2 Å². The van der Waals surface area contributed by atoms with E-state index >= 15 is 0 Å². The molecule has 0 heterocycles. The molecule has 0 fully saturated rings. The summed E-state index contributed by atoms with van der Waals surface area (Å²) in [4.78, 5) is 24.3. The van der Waals surface area contributed by atoms with Gasteiger partial charge in [-0.15, -0.1) is 0 Å². The van der Waals surface area contributed by atoms with Gasteiger partial charge >= 0.3 is 11.9 Å². The van der Waals surface area contributed by atoms with Crippen LogP contribution in [0.4, 0.5) is 0 Å². The lowest BCUT2D eigenvalue weighted by Gasteiger charge is -2.15. The fraction of sp³-hybridized carbons (Fsp3) is 0.822. The van der Waals surface area contributed by atoms with E-state index in [1.807, 2.05) is 0 Å². The van der Waals surface area contributed by atoms with Gasteiger partial charge in [0, 0.05) is 12.8 Å². The largest absolute Gasteiger partial charge is 0.462 e. The molecule has 1 N–H and O–H groups in total. The number of carbonyl (C=O) groups is 2. The van der Waals surface area contributed by atoms with Gasteiger partial charge in [0.05, 0.1) is 6.61 Å². The van der Waals surface area contributed by atoms with E-state index in [1.165, 1.54) is 141 Å². The highest BCUT2D eigenvalue weighted by Crippen LogP contribution is 2.14. The van der Waals surface area contributed by atoms with E-state index in [9.17, 15) is 14.7 Å². The number of carbonyl (C=O) groups excluding carboxylic acids is 2. The molecule has 5 heteroatoms. The molecule has 5 nitrogen and oxygen atoms in total. The van der Waals surface area contributed by atoms with Crippen molar-refractivity contribution in [3.05, 3.63) is 36.5 Å². The molecule has 0 aromatic carbocycles. The van der Waals surface area contributed by atoms with Crippen molar-refractivity contribution in [3.63, 3.8) is 0 Å². The maximum absolute atomic E-state index is 12.2. The summed E-state index contributed by atoms with van der Waals surface area (Å²) in [7, 11) is 0. The van der Waals surface area contributed by atoms with Crippen LogP contribution in [0.1, 0.15) is 219 Å². The number of ether oxygens (including phenoxy) is 2. The molecule has 0 saturated carbocycles. The average molecular weight is 703 g/mol. The second kappa shape index (κ2) is 41.5. The Labute approximate surface area is 310 Å². The molecule has 0 aromatic rings. The van der Waals surface area contributed by atoms with Gasteiger partial charge in [-0.3, -0.25) is 9.59 Å². The highest BCUT2D eigenvalue weighted by atomic mass is 16.6. The predicted molar refractivity (Wildman–Crippen MR) is 214 cm³/mol. The van der Waals surface area contributed by atoms with Crippen LogP contribution in [0.25, 0.3) is 0 Å². The molecule has 0 radical (unpaired) electrons. The van der Waals surface area contributed by atoms with E-state index in [0.29, 0.717) is 12.8 Å². The highest BCUT2D eigenvalue weighted by molar-refractivity contribution is 5.70. The molecule has 1 unspecified atom stereocenters. The number of aliphatic hydroxyl groups excluding tert-OH is 1. The number of hydrogen-bond acceptors (Lipinski definition) is 5. The zero-order valence-electron chi connectivity index (χ0n) is 33.2. The third-order valence-electron chi connectivity index (χ3n) is 9.41. The molecule has 0 aliphatic heterocycles. The van der Waals surface area contributed by atoms with Crippen molar-refractivity contribution >= 4 is 11.9 Å². The summed E-state index contributed by atoms with van der Waals surface area (Å²) in [6.07, 6.45) is 50.6.